The van der Waals surface area contributed by atoms with Crippen LogP contribution in [0.1, 0.15) is 24.0 Å². The molecule has 2 aromatic rings. The Balaban J connectivity index is 1.73. The monoisotopic (exact) mass is 254 g/mol. The lowest BCUT2D eigenvalue weighted by atomic mass is 9.98. The predicted molar refractivity (Wildman–Crippen MR) is 68.7 cm³/mol. The molecular weight excluding hydrogens is 240 g/mol. The number of benzene rings is 2. The molecule has 19 heavy (non-hydrogen) atoms. The van der Waals surface area contributed by atoms with Gasteiger partial charge in [-0.05, 0) is 0 Å². The van der Waals surface area contributed by atoms with Gasteiger partial charge in [-0.25, -0.2) is 0 Å². The standard InChI is InChI=1S/C16H14O3/c1-3-7-13(8-4-1)15-11-12-16(17-15,19-18-15)14-9-5-2-6-10-14/h1-10H,11-12H2. The van der Waals surface area contributed by atoms with Crippen molar-refractivity contribution >= 4 is 0 Å². The van der Waals surface area contributed by atoms with Crippen LogP contribution in [0.25, 0.3) is 0 Å². The molecule has 2 aliphatic rings. The second-order valence-electron chi connectivity index (χ2n) is 5.01. The minimum absolute atomic E-state index is 0.753. The molecule has 2 atom stereocenters. The molecule has 2 aliphatic heterocycles. The maximum absolute atomic E-state index is 6.18. The Morgan fingerprint density at radius 2 is 1.05 bits per heavy atom. The molecule has 3 heteroatoms. The molecule has 2 fully saturated rings. The van der Waals surface area contributed by atoms with Crippen LogP contribution in [-0.2, 0) is 26.1 Å². The van der Waals surface area contributed by atoms with E-state index in [9.17, 15) is 0 Å². The summed E-state index contributed by atoms with van der Waals surface area (Å²) in [6.45, 7) is 0. The molecule has 2 heterocycles. The Hall–Kier alpha value is -1.68. The highest BCUT2D eigenvalue weighted by atomic mass is 17.3. The van der Waals surface area contributed by atoms with Gasteiger partial charge in [-0.2, -0.15) is 9.78 Å². The van der Waals surface area contributed by atoms with Crippen molar-refractivity contribution in [3.8, 4) is 0 Å². The van der Waals surface area contributed by atoms with Crippen LogP contribution < -0.4 is 0 Å². The number of hydrogen-bond donors (Lipinski definition) is 0. The van der Waals surface area contributed by atoms with Gasteiger partial charge in [0.25, 0.3) is 0 Å². The van der Waals surface area contributed by atoms with Crippen LogP contribution in [0.5, 0.6) is 0 Å². The first-order valence-corrected chi connectivity index (χ1v) is 6.51. The second-order valence-corrected chi connectivity index (χ2v) is 5.01. The molecule has 96 valence electrons. The first kappa shape index (κ1) is 11.2. The van der Waals surface area contributed by atoms with Crippen molar-refractivity contribution < 1.29 is 14.5 Å². The lowest BCUT2D eigenvalue weighted by molar-refractivity contribution is -0.381. The fourth-order valence-electron chi connectivity index (χ4n) is 2.84. The molecule has 0 saturated carbocycles. The Morgan fingerprint density at radius 1 is 0.632 bits per heavy atom. The van der Waals surface area contributed by atoms with Gasteiger partial charge in [0.05, 0.1) is 0 Å². The van der Waals surface area contributed by atoms with E-state index in [2.05, 4.69) is 0 Å². The van der Waals surface area contributed by atoms with Crippen LogP contribution in [0.15, 0.2) is 60.7 Å². The van der Waals surface area contributed by atoms with Crippen LogP contribution in [0.2, 0.25) is 0 Å². The van der Waals surface area contributed by atoms with Crippen LogP contribution in [0.3, 0.4) is 0 Å². The highest BCUT2D eigenvalue weighted by Gasteiger charge is 2.61. The molecule has 2 bridgehead atoms. The highest BCUT2D eigenvalue weighted by Crippen LogP contribution is 2.56. The van der Waals surface area contributed by atoms with E-state index >= 15 is 0 Å². The topological polar surface area (TPSA) is 27.7 Å². The summed E-state index contributed by atoms with van der Waals surface area (Å²) in [6.07, 6.45) is 1.60. The van der Waals surface area contributed by atoms with E-state index in [-0.39, 0.29) is 0 Å². The zero-order chi connectivity index (χ0) is 12.8. The van der Waals surface area contributed by atoms with E-state index < -0.39 is 11.6 Å². The average molecular weight is 254 g/mol. The largest absolute Gasteiger partial charge is 0.304 e. The maximum Gasteiger partial charge on any atom is 0.231 e. The summed E-state index contributed by atoms with van der Waals surface area (Å²) < 4.78 is 6.18. The van der Waals surface area contributed by atoms with Gasteiger partial charge in [0.15, 0.2) is 0 Å². The van der Waals surface area contributed by atoms with Crippen LogP contribution in [-0.4, -0.2) is 0 Å². The van der Waals surface area contributed by atoms with E-state index in [1.165, 1.54) is 0 Å². The number of rotatable bonds is 2. The summed E-state index contributed by atoms with van der Waals surface area (Å²) in [6, 6.07) is 19.9. The third kappa shape index (κ3) is 1.56. The summed E-state index contributed by atoms with van der Waals surface area (Å²) in [5, 5.41) is 0. The summed E-state index contributed by atoms with van der Waals surface area (Å²) in [5.74, 6) is -1.51. The fourth-order valence-corrected chi connectivity index (χ4v) is 2.84. The first-order valence-electron chi connectivity index (χ1n) is 6.51. The zero-order valence-electron chi connectivity index (χ0n) is 10.4. The number of hydrogen-bond acceptors (Lipinski definition) is 3. The molecule has 2 saturated heterocycles. The molecule has 3 nitrogen and oxygen atoms in total. The smallest absolute Gasteiger partial charge is 0.231 e. The quantitative estimate of drug-likeness (QED) is 0.768. The molecule has 0 spiro atoms. The second kappa shape index (κ2) is 3.90. The van der Waals surface area contributed by atoms with Crippen LogP contribution in [0, 0.1) is 0 Å². The van der Waals surface area contributed by atoms with Gasteiger partial charge < -0.3 is 4.74 Å². The Morgan fingerprint density at radius 3 is 1.42 bits per heavy atom. The van der Waals surface area contributed by atoms with Crippen molar-refractivity contribution in [1.82, 2.24) is 0 Å². The molecule has 4 rings (SSSR count). The normalized spacial score (nSPS) is 32.6. The minimum Gasteiger partial charge on any atom is -0.304 e. The van der Waals surface area contributed by atoms with E-state index in [1.54, 1.807) is 0 Å². The van der Waals surface area contributed by atoms with Gasteiger partial charge in [0.2, 0.25) is 11.6 Å². The number of fused-ring (bicyclic) bond motifs is 2. The molecule has 0 amide bonds. The lowest BCUT2D eigenvalue weighted by Gasteiger charge is -2.22. The zero-order valence-corrected chi connectivity index (χ0v) is 10.4. The molecule has 0 aliphatic carbocycles. The molecule has 0 N–H and O–H groups in total. The molecule has 0 radical (unpaired) electrons. The van der Waals surface area contributed by atoms with Crippen molar-refractivity contribution in [1.29, 1.82) is 0 Å². The Kier molecular flexibility index (Phi) is 2.30. The summed E-state index contributed by atoms with van der Waals surface area (Å²) >= 11 is 0. The van der Waals surface area contributed by atoms with Gasteiger partial charge in [-0.15, -0.1) is 0 Å². The van der Waals surface area contributed by atoms with Crippen molar-refractivity contribution in [3.05, 3.63) is 71.8 Å². The van der Waals surface area contributed by atoms with Crippen molar-refractivity contribution in [3.63, 3.8) is 0 Å². The maximum atomic E-state index is 6.18. The third-order valence-corrected chi connectivity index (χ3v) is 3.85. The molecule has 2 unspecified atom stereocenters. The highest BCUT2D eigenvalue weighted by molar-refractivity contribution is 5.27. The fraction of sp³-hybridized carbons (Fsp3) is 0.250. The van der Waals surface area contributed by atoms with Gasteiger partial charge in [0.1, 0.15) is 0 Å². The van der Waals surface area contributed by atoms with Crippen molar-refractivity contribution in [2.45, 2.75) is 24.4 Å². The Bertz CT molecular complexity index is 518. The van der Waals surface area contributed by atoms with Gasteiger partial charge in [-0.3, -0.25) is 0 Å². The minimum atomic E-state index is -0.753. The molecular formula is C16H14O3. The van der Waals surface area contributed by atoms with Crippen LogP contribution in [0.4, 0.5) is 0 Å². The SMILES string of the molecule is c1ccc(C23CCC(c4ccccc4)(OO2)O3)cc1. The predicted octanol–water partition coefficient (Wildman–Crippen LogP) is 3.46. The van der Waals surface area contributed by atoms with Gasteiger partial charge >= 0.3 is 0 Å². The van der Waals surface area contributed by atoms with E-state index in [4.69, 9.17) is 14.5 Å². The van der Waals surface area contributed by atoms with E-state index in [1.807, 2.05) is 60.7 Å². The average Bonchev–Trinajstić information content (AvgIpc) is 3.08. The van der Waals surface area contributed by atoms with Gasteiger partial charge in [0, 0.05) is 24.0 Å². The first-order chi connectivity index (χ1) is 9.33. The molecule has 2 aromatic carbocycles. The van der Waals surface area contributed by atoms with Crippen LogP contribution >= 0.6 is 0 Å². The molecule has 0 aromatic heterocycles. The van der Waals surface area contributed by atoms with E-state index in [0.717, 1.165) is 24.0 Å². The summed E-state index contributed by atoms with van der Waals surface area (Å²) in [4.78, 5) is 11.1. The van der Waals surface area contributed by atoms with Gasteiger partial charge in [-0.1, -0.05) is 60.7 Å². The van der Waals surface area contributed by atoms with E-state index in [0.29, 0.717) is 0 Å². The summed E-state index contributed by atoms with van der Waals surface area (Å²) in [7, 11) is 0. The van der Waals surface area contributed by atoms with Crippen molar-refractivity contribution in [2.24, 2.45) is 0 Å². The summed E-state index contributed by atoms with van der Waals surface area (Å²) in [5.41, 5.74) is 2.01. The Labute approximate surface area is 111 Å². The third-order valence-electron chi connectivity index (χ3n) is 3.85. The number of ether oxygens (including phenoxy) is 1. The van der Waals surface area contributed by atoms with Crippen molar-refractivity contribution in [2.75, 3.05) is 0 Å². The lowest BCUT2D eigenvalue weighted by Crippen LogP contribution is -2.24.